The molecule has 0 heterocycles. The van der Waals surface area contributed by atoms with Crippen molar-refractivity contribution in [3.05, 3.63) is 34.4 Å². The molecule has 1 aromatic rings. The zero-order valence-corrected chi connectivity index (χ0v) is 10.8. The fourth-order valence-electron chi connectivity index (χ4n) is 1.80. The largest absolute Gasteiger partial charge is 0.330 e. The predicted molar refractivity (Wildman–Crippen MR) is 70.5 cm³/mol. The molecule has 1 aromatic carbocycles. The smallest absolute Gasteiger partial charge is 0.0189 e. The second-order valence-corrected chi connectivity index (χ2v) is 5.18. The molecule has 0 saturated carbocycles. The first-order chi connectivity index (χ1) is 7.15. The molecule has 0 aliphatic heterocycles. The van der Waals surface area contributed by atoms with Crippen LogP contribution in [0, 0.1) is 20.8 Å². The highest BCUT2D eigenvalue weighted by Crippen LogP contribution is 2.21. The van der Waals surface area contributed by atoms with E-state index in [0.717, 1.165) is 18.7 Å². The SMILES string of the molecule is Cc1cc(C)c(CSCCCN)c(C)c1. The molecule has 0 aliphatic carbocycles. The summed E-state index contributed by atoms with van der Waals surface area (Å²) in [5.41, 5.74) is 11.2. The van der Waals surface area contributed by atoms with Crippen molar-refractivity contribution in [2.45, 2.75) is 32.9 Å². The van der Waals surface area contributed by atoms with Crippen LogP contribution in [-0.2, 0) is 5.75 Å². The third kappa shape index (κ3) is 3.88. The molecule has 0 saturated heterocycles. The zero-order valence-electron chi connectivity index (χ0n) is 9.97. The highest BCUT2D eigenvalue weighted by molar-refractivity contribution is 7.98. The number of nitrogens with two attached hydrogens (primary N) is 1. The van der Waals surface area contributed by atoms with Gasteiger partial charge in [0, 0.05) is 5.75 Å². The van der Waals surface area contributed by atoms with Crippen molar-refractivity contribution >= 4 is 11.8 Å². The van der Waals surface area contributed by atoms with Crippen LogP contribution in [0.3, 0.4) is 0 Å². The van der Waals surface area contributed by atoms with Gasteiger partial charge in [-0.3, -0.25) is 0 Å². The van der Waals surface area contributed by atoms with Crippen molar-refractivity contribution in [2.24, 2.45) is 5.73 Å². The van der Waals surface area contributed by atoms with E-state index in [-0.39, 0.29) is 0 Å². The lowest BCUT2D eigenvalue weighted by atomic mass is 10.0. The van der Waals surface area contributed by atoms with Crippen LogP contribution in [0.4, 0.5) is 0 Å². The predicted octanol–water partition coefficient (Wildman–Crippen LogP) is 3.19. The molecule has 0 radical (unpaired) electrons. The minimum absolute atomic E-state index is 0.804. The number of thioether (sulfide) groups is 1. The molecule has 2 N–H and O–H groups in total. The van der Waals surface area contributed by atoms with Crippen LogP contribution in [0.1, 0.15) is 28.7 Å². The van der Waals surface area contributed by atoms with Gasteiger partial charge >= 0.3 is 0 Å². The monoisotopic (exact) mass is 223 g/mol. The maximum atomic E-state index is 5.47. The maximum absolute atomic E-state index is 5.47. The van der Waals surface area contributed by atoms with Gasteiger partial charge < -0.3 is 5.73 Å². The van der Waals surface area contributed by atoms with Crippen molar-refractivity contribution in [2.75, 3.05) is 12.3 Å². The van der Waals surface area contributed by atoms with E-state index < -0.39 is 0 Å². The van der Waals surface area contributed by atoms with Crippen LogP contribution in [0.15, 0.2) is 12.1 Å². The molecule has 0 aromatic heterocycles. The van der Waals surface area contributed by atoms with Crippen molar-refractivity contribution < 1.29 is 0 Å². The molecular weight excluding hydrogens is 202 g/mol. The first kappa shape index (κ1) is 12.6. The van der Waals surface area contributed by atoms with Gasteiger partial charge in [0.05, 0.1) is 0 Å². The Hall–Kier alpha value is -0.470. The molecule has 0 atom stereocenters. The van der Waals surface area contributed by atoms with E-state index in [1.54, 1.807) is 0 Å². The zero-order chi connectivity index (χ0) is 11.3. The van der Waals surface area contributed by atoms with Crippen LogP contribution in [-0.4, -0.2) is 12.3 Å². The third-order valence-electron chi connectivity index (χ3n) is 2.58. The molecule has 0 unspecified atom stereocenters. The van der Waals surface area contributed by atoms with E-state index >= 15 is 0 Å². The summed E-state index contributed by atoms with van der Waals surface area (Å²) in [5, 5.41) is 0. The summed E-state index contributed by atoms with van der Waals surface area (Å²) >= 11 is 1.99. The molecule has 1 nitrogen and oxygen atoms in total. The number of hydrogen-bond acceptors (Lipinski definition) is 2. The molecule has 2 heteroatoms. The summed E-state index contributed by atoms with van der Waals surface area (Å²) < 4.78 is 0. The summed E-state index contributed by atoms with van der Waals surface area (Å²) in [6.45, 7) is 7.38. The molecule has 0 aliphatic rings. The lowest BCUT2D eigenvalue weighted by Gasteiger charge is -2.10. The van der Waals surface area contributed by atoms with E-state index in [1.165, 1.54) is 28.0 Å². The van der Waals surface area contributed by atoms with E-state index in [4.69, 9.17) is 5.73 Å². The summed E-state index contributed by atoms with van der Waals surface area (Å²) in [4.78, 5) is 0. The lowest BCUT2D eigenvalue weighted by Crippen LogP contribution is -2.00. The Morgan fingerprint density at radius 2 is 1.73 bits per heavy atom. The standard InChI is InChI=1S/C13H21NS/c1-10-7-11(2)13(12(3)8-10)9-15-6-4-5-14/h7-8H,4-6,9,14H2,1-3H3. The average molecular weight is 223 g/mol. The maximum Gasteiger partial charge on any atom is 0.0189 e. The quantitative estimate of drug-likeness (QED) is 0.776. The molecule has 0 bridgehead atoms. The van der Waals surface area contributed by atoms with Gasteiger partial charge in [-0.1, -0.05) is 17.7 Å². The minimum Gasteiger partial charge on any atom is -0.330 e. The summed E-state index contributed by atoms with van der Waals surface area (Å²) in [7, 11) is 0. The lowest BCUT2D eigenvalue weighted by molar-refractivity contribution is 0.942. The minimum atomic E-state index is 0.804. The van der Waals surface area contributed by atoms with Crippen LogP contribution >= 0.6 is 11.8 Å². The highest BCUT2D eigenvalue weighted by atomic mass is 32.2. The van der Waals surface area contributed by atoms with Crippen LogP contribution < -0.4 is 5.73 Å². The van der Waals surface area contributed by atoms with Gasteiger partial charge in [-0.25, -0.2) is 0 Å². The van der Waals surface area contributed by atoms with Crippen molar-refractivity contribution in [3.63, 3.8) is 0 Å². The Balaban J connectivity index is 2.60. The van der Waals surface area contributed by atoms with Crippen LogP contribution in [0.2, 0.25) is 0 Å². The van der Waals surface area contributed by atoms with Gasteiger partial charge in [-0.2, -0.15) is 11.8 Å². The third-order valence-corrected chi connectivity index (χ3v) is 3.65. The van der Waals surface area contributed by atoms with Crippen molar-refractivity contribution in [1.29, 1.82) is 0 Å². The second-order valence-electron chi connectivity index (χ2n) is 4.07. The molecule has 0 fully saturated rings. The topological polar surface area (TPSA) is 26.0 Å². The highest BCUT2D eigenvalue weighted by Gasteiger charge is 2.03. The van der Waals surface area contributed by atoms with Gasteiger partial charge in [0.2, 0.25) is 0 Å². The Kier molecular flexibility index (Phi) is 5.20. The normalized spacial score (nSPS) is 10.7. The molecule has 1 rings (SSSR count). The van der Waals surface area contributed by atoms with Crippen LogP contribution in [0.25, 0.3) is 0 Å². The molecular formula is C13H21NS. The number of hydrogen-bond donors (Lipinski definition) is 1. The number of benzene rings is 1. The molecule has 15 heavy (non-hydrogen) atoms. The summed E-state index contributed by atoms with van der Waals surface area (Å²) in [5.74, 6) is 2.29. The first-order valence-electron chi connectivity index (χ1n) is 5.49. The average Bonchev–Trinajstić information content (AvgIpc) is 2.15. The molecule has 84 valence electrons. The Bertz CT molecular complexity index is 297. The van der Waals surface area contributed by atoms with Crippen molar-refractivity contribution in [3.8, 4) is 0 Å². The molecule has 0 spiro atoms. The van der Waals surface area contributed by atoms with Crippen molar-refractivity contribution in [1.82, 2.24) is 0 Å². The Labute approximate surface area is 97.4 Å². The van der Waals surface area contributed by atoms with E-state index in [2.05, 4.69) is 32.9 Å². The summed E-state index contributed by atoms with van der Waals surface area (Å²) in [6.07, 6.45) is 1.12. The number of rotatable bonds is 5. The van der Waals surface area contributed by atoms with Gasteiger partial charge in [0.25, 0.3) is 0 Å². The Morgan fingerprint density at radius 1 is 1.13 bits per heavy atom. The Morgan fingerprint density at radius 3 is 2.27 bits per heavy atom. The summed E-state index contributed by atoms with van der Waals surface area (Å²) in [6, 6.07) is 4.54. The van der Waals surface area contributed by atoms with E-state index in [1.807, 2.05) is 11.8 Å². The fourth-order valence-corrected chi connectivity index (χ4v) is 2.97. The van der Waals surface area contributed by atoms with Gasteiger partial charge in [0.1, 0.15) is 0 Å². The van der Waals surface area contributed by atoms with Gasteiger partial charge in [-0.15, -0.1) is 0 Å². The van der Waals surface area contributed by atoms with E-state index in [9.17, 15) is 0 Å². The molecule has 0 amide bonds. The van der Waals surface area contributed by atoms with Gasteiger partial charge in [-0.05, 0) is 56.2 Å². The fraction of sp³-hybridized carbons (Fsp3) is 0.538. The second kappa shape index (κ2) is 6.19. The first-order valence-corrected chi connectivity index (χ1v) is 6.65. The van der Waals surface area contributed by atoms with E-state index in [0.29, 0.717) is 0 Å². The van der Waals surface area contributed by atoms with Crippen LogP contribution in [0.5, 0.6) is 0 Å². The number of aryl methyl sites for hydroxylation is 3. The van der Waals surface area contributed by atoms with Gasteiger partial charge in [0.15, 0.2) is 0 Å².